The lowest BCUT2D eigenvalue weighted by molar-refractivity contribution is 0.0474. The highest BCUT2D eigenvalue weighted by molar-refractivity contribution is 5.09. The van der Waals surface area contributed by atoms with Crippen molar-refractivity contribution in [1.82, 2.24) is 10.3 Å². The van der Waals surface area contributed by atoms with Gasteiger partial charge in [-0.05, 0) is 31.9 Å². The molecule has 16 heavy (non-hydrogen) atoms. The lowest BCUT2D eigenvalue weighted by atomic mass is 10.0. The molecule has 88 valence electrons. The molecule has 0 radical (unpaired) electrons. The summed E-state index contributed by atoms with van der Waals surface area (Å²) < 4.78 is 0. The topological polar surface area (TPSA) is 45.1 Å². The average molecular weight is 220 g/mol. The van der Waals surface area contributed by atoms with Gasteiger partial charge in [-0.15, -0.1) is 0 Å². The minimum Gasteiger partial charge on any atom is -0.389 e. The molecule has 3 heteroatoms. The Morgan fingerprint density at radius 1 is 1.38 bits per heavy atom. The third-order valence-electron chi connectivity index (χ3n) is 3.24. The van der Waals surface area contributed by atoms with Gasteiger partial charge in [0, 0.05) is 18.8 Å². The summed E-state index contributed by atoms with van der Waals surface area (Å²) in [6.07, 6.45) is 4.17. The molecule has 1 aliphatic carbocycles. The number of nitrogens with one attached hydrogen (secondary N) is 1. The molecule has 1 aliphatic rings. The molecule has 1 aromatic heterocycles. The van der Waals surface area contributed by atoms with E-state index in [9.17, 15) is 5.11 Å². The summed E-state index contributed by atoms with van der Waals surface area (Å²) in [5, 5.41) is 13.4. The molecule has 2 rings (SSSR count). The molecule has 0 unspecified atom stereocenters. The summed E-state index contributed by atoms with van der Waals surface area (Å²) in [4.78, 5) is 4.42. The van der Waals surface area contributed by atoms with E-state index < -0.39 is 5.60 Å². The normalized spacial score (nSPS) is 18.9. The van der Waals surface area contributed by atoms with Crippen LogP contribution in [-0.4, -0.2) is 22.2 Å². The van der Waals surface area contributed by atoms with Crippen molar-refractivity contribution in [3.05, 3.63) is 29.6 Å². The molecule has 0 saturated heterocycles. The fourth-order valence-electron chi connectivity index (χ4n) is 2.33. The zero-order valence-electron chi connectivity index (χ0n) is 9.87. The molecule has 0 aliphatic heterocycles. The second kappa shape index (κ2) is 4.93. The number of aromatic nitrogens is 1. The second-order valence-electron chi connectivity index (χ2n) is 4.81. The Morgan fingerprint density at radius 2 is 2.12 bits per heavy atom. The summed E-state index contributed by atoms with van der Waals surface area (Å²) in [6, 6.07) is 6.02. The monoisotopic (exact) mass is 220 g/mol. The van der Waals surface area contributed by atoms with Gasteiger partial charge in [-0.3, -0.25) is 4.98 Å². The van der Waals surface area contributed by atoms with E-state index in [2.05, 4.69) is 10.3 Å². The lowest BCUT2D eigenvalue weighted by Gasteiger charge is -2.22. The Labute approximate surface area is 96.9 Å². The standard InChI is InChI=1S/C13H20N2O/c1-11-5-4-6-12(15-11)9-14-10-13(16)7-2-3-8-13/h4-6,14,16H,2-3,7-10H2,1H3. The van der Waals surface area contributed by atoms with Gasteiger partial charge in [-0.2, -0.15) is 0 Å². The number of aliphatic hydroxyl groups is 1. The van der Waals surface area contributed by atoms with Gasteiger partial charge in [0.15, 0.2) is 0 Å². The van der Waals surface area contributed by atoms with Crippen molar-refractivity contribution in [2.75, 3.05) is 6.54 Å². The number of hydrogen-bond acceptors (Lipinski definition) is 3. The Kier molecular flexibility index (Phi) is 3.56. The molecule has 0 amide bonds. The third-order valence-corrected chi connectivity index (χ3v) is 3.24. The SMILES string of the molecule is Cc1cccc(CNCC2(O)CCCC2)n1. The lowest BCUT2D eigenvalue weighted by Crippen LogP contribution is -2.37. The largest absolute Gasteiger partial charge is 0.389 e. The zero-order valence-corrected chi connectivity index (χ0v) is 9.87. The maximum absolute atomic E-state index is 10.1. The second-order valence-corrected chi connectivity index (χ2v) is 4.81. The molecule has 0 bridgehead atoms. The molecule has 0 atom stereocenters. The molecule has 1 saturated carbocycles. The van der Waals surface area contributed by atoms with Crippen LogP contribution in [0.25, 0.3) is 0 Å². The van der Waals surface area contributed by atoms with Crippen LogP contribution < -0.4 is 5.32 Å². The first-order valence-electron chi connectivity index (χ1n) is 6.04. The number of hydrogen-bond donors (Lipinski definition) is 2. The Bertz CT molecular complexity index is 346. The van der Waals surface area contributed by atoms with E-state index in [1.54, 1.807) is 0 Å². The van der Waals surface area contributed by atoms with Crippen molar-refractivity contribution >= 4 is 0 Å². The molecule has 1 fully saturated rings. The molecule has 2 N–H and O–H groups in total. The van der Waals surface area contributed by atoms with E-state index in [1.165, 1.54) is 0 Å². The smallest absolute Gasteiger partial charge is 0.0771 e. The van der Waals surface area contributed by atoms with Gasteiger partial charge in [0.25, 0.3) is 0 Å². The Hall–Kier alpha value is -0.930. The van der Waals surface area contributed by atoms with Crippen molar-refractivity contribution in [3.8, 4) is 0 Å². The van der Waals surface area contributed by atoms with Gasteiger partial charge in [0.05, 0.1) is 11.3 Å². The van der Waals surface area contributed by atoms with E-state index in [1.807, 2.05) is 25.1 Å². The molecular formula is C13H20N2O. The van der Waals surface area contributed by atoms with Crippen LogP contribution in [0.1, 0.15) is 37.1 Å². The maximum atomic E-state index is 10.1. The van der Waals surface area contributed by atoms with E-state index in [4.69, 9.17) is 0 Å². The Balaban J connectivity index is 1.79. The summed E-state index contributed by atoms with van der Waals surface area (Å²) >= 11 is 0. The minimum absolute atomic E-state index is 0.468. The number of aryl methyl sites for hydroxylation is 1. The van der Waals surface area contributed by atoms with Crippen LogP contribution in [0.15, 0.2) is 18.2 Å². The van der Waals surface area contributed by atoms with Crippen LogP contribution in [0.2, 0.25) is 0 Å². The molecule has 0 aromatic carbocycles. The summed E-state index contributed by atoms with van der Waals surface area (Å²) in [7, 11) is 0. The number of rotatable bonds is 4. The number of nitrogens with zero attached hydrogens (tertiary/aromatic N) is 1. The van der Waals surface area contributed by atoms with Crippen LogP contribution in [0.3, 0.4) is 0 Å². The van der Waals surface area contributed by atoms with Crippen LogP contribution in [0.4, 0.5) is 0 Å². The van der Waals surface area contributed by atoms with E-state index in [0.29, 0.717) is 6.54 Å². The predicted octanol–water partition coefficient (Wildman–Crippen LogP) is 1.78. The highest BCUT2D eigenvalue weighted by Crippen LogP contribution is 2.28. The molecule has 1 heterocycles. The van der Waals surface area contributed by atoms with E-state index in [-0.39, 0.29) is 0 Å². The highest BCUT2D eigenvalue weighted by atomic mass is 16.3. The van der Waals surface area contributed by atoms with Gasteiger partial charge in [0.2, 0.25) is 0 Å². The van der Waals surface area contributed by atoms with Gasteiger partial charge in [-0.1, -0.05) is 18.9 Å². The third kappa shape index (κ3) is 3.03. The zero-order chi connectivity index (χ0) is 11.4. The van der Waals surface area contributed by atoms with Gasteiger partial charge in [-0.25, -0.2) is 0 Å². The molecule has 0 spiro atoms. The predicted molar refractivity (Wildman–Crippen MR) is 64.1 cm³/mol. The van der Waals surface area contributed by atoms with Crippen LogP contribution >= 0.6 is 0 Å². The van der Waals surface area contributed by atoms with Crippen molar-refractivity contribution in [3.63, 3.8) is 0 Å². The maximum Gasteiger partial charge on any atom is 0.0771 e. The van der Waals surface area contributed by atoms with Crippen molar-refractivity contribution in [2.45, 2.75) is 44.8 Å². The number of pyridine rings is 1. The summed E-state index contributed by atoms with van der Waals surface area (Å²) in [5.74, 6) is 0. The first-order valence-corrected chi connectivity index (χ1v) is 6.04. The van der Waals surface area contributed by atoms with E-state index >= 15 is 0 Å². The van der Waals surface area contributed by atoms with Crippen molar-refractivity contribution in [1.29, 1.82) is 0 Å². The van der Waals surface area contributed by atoms with Gasteiger partial charge >= 0.3 is 0 Å². The van der Waals surface area contributed by atoms with Crippen LogP contribution in [0.5, 0.6) is 0 Å². The first kappa shape index (κ1) is 11.6. The first-order chi connectivity index (χ1) is 7.68. The van der Waals surface area contributed by atoms with E-state index in [0.717, 1.165) is 43.6 Å². The van der Waals surface area contributed by atoms with Gasteiger partial charge in [0.1, 0.15) is 0 Å². The van der Waals surface area contributed by atoms with Crippen LogP contribution in [-0.2, 0) is 6.54 Å². The van der Waals surface area contributed by atoms with Crippen molar-refractivity contribution < 1.29 is 5.11 Å². The Morgan fingerprint density at radius 3 is 2.81 bits per heavy atom. The fraction of sp³-hybridized carbons (Fsp3) is 0.615. The quantitative estimate of drug-likeness (QED) is 0.813. The summed E-state index contributed by atoms with van der Waals surface area (Å²) in [5.41, 5.74) is 1.62. The highest BCUT2D eigenvalue weighted by Gasteiger charge is 2.30. The molecular weight excluding hydrogens is 200 g/mol. The fourth-order valence-corrected chi connectivity index (χ4v) is 2.33. The summed E-state index contributed by atoms with van der Waals surface area (Å²) in [6.45, 7) is 3.42. The van der Waals surface area contributed by atoms with Gasteiger partial charge < -0.3 is 10.4 Å². The molecule has 3 nitrogen and oxygen atoms in total. The molecule has 1 aromatic rings. The van der Waals surface area contributed by atoms with Crippen LogP contribution in [0, 0.1) is 6.92 Å². The average Bonchev–Trinajstić information content (AvgIpc) is 2.65. The van der Waals surface area contributed by atoms with Crippen molar-refractivity contribution in [2.24, 2.45) is 0 Å². The minimum atomic E-state index is -0.468.